The first-order chi connectivity index (χ1) is 19.0. The Labute approximate surface area is 238 Å². The Morgan fingerprint density at radius 2 is 0.872 bits per heavy atom. The van der Waals surface area contributed by atoms with E-state index in [2.05, 4.69) is 0 Å². The molecule has 0 radical (unpaired) electrons. The summed E-state index contributed by atoms with van der Waals surface area (Å²) >= 11 is 12.6. The molecule has 0 N–H and O–H groups in total. The van der Waals surface area contributed by atoms with E-state index >= 15 is 4.57 Å². The highest BCUT2D eigenvalue weighted by Gasteiger charge is 2.53. The van der Waals surface area contributed by atoms with Crippen LogP contribution in [0, 0.1) is 0 Å². The fraction of sp³-hybridized carbons (Fsp3) is 0.0625. The molecule has 1 aliphatic rings. The topological polar surface area (TPSA) is 35.5 Å². The van der Waals surface area contributed by atoms with Crippen LogP contribution >= 0.6 is 30.3 Å². The van der Waals surface area contributed by atoms with E-state index in [1.807, 2.05) is 140 Å². The van der Waals surface area contributed by atoms with Gasteiger partial charge in [-0.3, -0.25) is 0 Å². The summed E-state index contributed by atoms with van der Waals surface area (Å²) in [5, 5.41) is 1.87. The van der Waals surface area contributed by atoms with Crippen molar-refractivity contribution in [1.29, 1.82) is 0 Å². The Hall–Kier alpha value is -3.11. The summed E-state index contributed by atoms with van der Waals surface area (Å²) in [4.78, 5) is 0. The molecule has 0 aliphatic carbocycles. The Balaban J connectivity index is 1.67. The number of hydrogen-bond donors (Lipinski definition) is 0. The molecule has 1 heterocycles. The fourth-order valence-electron chi connectivity index (χ4n) is 5.41. The van der Waals surface area contributed by atoms with Crippen molar-refractivity contribution in [3.05, 3.63) is 161 Å². The Morgan fingerprint density at radius 1 is 0.513 bits per heavy atom. The maximum absolute atomic E-state index is 15.7. The summed E-state index contributed by atoms with van der Waals surface area (Å²) in [7, 11) is -3.50. The van der Waals surface area contributed by atoms with Crippen LogP contribution in [-0.2, 0) is 13.9 Å². The molecule has 194 valence electrons. The lowest BCUT2D eigenvalue weighted by atomic mass is 9.46. The van der Waals surface area contributed by atoms with Gasteiger partial charge in [0, 0.05) is 15.3 Å². The average Bonchev–Trinajstić information content (AvgIpc) is 3.00. The quantitative estimate of drug-likeness (QED) is 0.161. The van der Waals surface area contributed by atoms with Crippen molar-refractivity contribution in [3.63, 3.8) is 0 Å². The number of halogens is 2. The molecule has 5 aromatic carbocycles. The SMILES string of the molecule is O=P1(c2ccccc2)C(c2ccc(Cl)cc2)O[B-](c2ccccc2)(c2ccccc2)OC1c1ccc(Cl)cc1. The van der Waals surface area contributed by atoms with Gasteiger partial charge in [0.05, 0.1) is 0 Å². The Morgan fingerprint density at radius 3 is 1.26 bits per heavy atom. The Kier molecular flexibility index (Phi) is 7.24. The molecule has 0 bridgehead atoms. The highest BCUT2D eigenvalue weighted by atomic mass is 35.5. The second-order valence-corrected chi connectivity index (χ2v) is 13.4. The number of benzene rings is 5. The van der Waals surface area contributed by atoms with Gasteiger partial charge in [0.2, 0.25) is 0 Å². The second-order valence-electron chi connectivity index (χ2n) is 9.66. The minimum Gasteiger partial charge on any atom is -0.549 e. The second kappa shape index (κ2) is 10.8. The van der Waals surface area contributed by atoms with Crippen LogP contribution in [0.1, 0.15) is 22.8 Å². The van der Waals surface area contributed by atoms with E-state index in [0.717, 1.165) is 22.1 Å². The largest absolute Gasteiger partial charge is 0.549 e. The molecule has 7 heteroatoms. The molecule has 2 atom stereocenters. The van der Waals surface area contributed by atoms with Crippen LogP contribution in [0.25, 0.3) is 0 Å². The van der Waals surface area contributed by atoms with Crippen molar-refractivity contribution in [1.82, 2.24) is 0 Å². The summed E-state index contributed by atoms with van der Waals surface area (Å²) in [5.74, 6) is -1.63. The van der Waals surface area contributed by atoms with Crippen LogP contribution in [-0.4, -0.2) is 6.55 Å². The van der Waals surface area contributed by atoms with E-state index in [0.29, 0.717) is 15.3 Å². The van der Waals surface area contributed by atoms with Gasteiger partial charge < -0.3 is 13.9 Å². The lowest BCUT2D eigenvalue weighted by molar-refractivity contribution is 0.123. The maximum atomic E-state index is 15.7. The van der Waals surface area contributed by atoms with Gasteiger partial charge in [-0.05, 0) is 35.4 Å². The highest BCUT2D eigenvalue weighted by molar-refractivity contribution is 7.72. The monoisotopic (exact) mass is 569 g/mol. The van der Waals surface area contributed by atoms with Crippen LogP contribution in [0.2, 0.25) is 10.0 Å². The molecule has 0 aromatic heterocycles. The van der Waals surface area contributed by atoms with Gasteiger partial charge in [-0.1, -0.05) is 138 Å². The molecular weight excluding hydrogens is 545 g/mol. The summed E-state index contributed by atoms with van der Waals surface area (Å²) in [6, 6.07) is 44.1. The minimum absolute atomic E-state index is 0.595. The first kappa shape index (κ1) is 26.1. The van der Waals surface area contributed by atoms with Crippen LogP contribution in [0.5, 0.6) is 0 Å². The average molecular weight is 570 g/mol. The fourth-order valence-corrected chi connectivity index (χ4v) is 9.02. The summed E-state index contributed by atoms with van der Waals surface area (Å²) in [6.45, 7) is -2.28. The molecule has 6 rings (SSSR count). The van der Waals surface area contributed by atoms with Gasteiger partial charge in [-0.15, -0.1) is 10.9 Å². The van der Waals surface area contributed by atoms with Gasteiger partial charge >= 0.3 is 0 Å². The highest BCUT2D eigenvalue weighted by Crippen LogP contribution is 2.72. The molecule has 1 saturated heterocycles. The lowest BCUT2D eigenvalue weighted by Crippen LogP contribution is -2.66. The van der Waals surface area contributed by atoms with E-state index < -0.39 is 25.4 Å². The zero-order valence-corrected chi connectivity index (χ0v) is 23.3. The molecule has 0 amide bonds. The van der Waals surface area contributed by atoms with E-state index in [-0.39, 0.29) is 0 Å². The predicted molar refractivity (Wildman–Crippen MR) is 162 cm³/mol. The summed E-state index contributed by atoms with van der Waals surface area (Å²) in [5.41, 5.74) is 3.26. The van der Waals surface area contributed by atoms with Crippen molar-refractivity contribution in [2.24, 2.45) is 0 Å². The third kappa shape index (κ3) is 4.78. The first-order valence-electron chi connectivity index (χ1n) is 12.8. The van der Waals surface area contributed by atoms with Gasteiger partial charge in [-0.2, -0.15) is 0 Å². The molecule has 3 nitrogen and oxygen atoms in total. The molecule has 2 unspecified atom stereocenters. The zero-order valence-electron chi connectivity index (χ0n) is 20.9. The van der Waals surface area contributed by atoms with Crippen molar-refractivity contribution in [3.8, 4) is 0 Å². The van der Waals surface area contributed by atoms with Gasteiger partial charge in [0.1, 0.15) is 11.7 Å². The predicted octanol–water partition coefficient (Wildman–Crippen LogP) is 7.68. The van der Waals surface area contributed by atoms with E-state index in [9.17, 15) is 0 Å². The molecule has 1 fully saturated rings. The Bertz CT molecular complexity index is 1500. The molecule has 1 aliphatic heterocycles. The van der Waals surface area contributed by atoms with E-state index in [1.165, 1.54) is 0 Å². The van der Waals surface area contributed by atoms with Crippen LogP contribution < -0.4 is 16.2 Å². The van der Waals surface area contributed by atoms with Crippen molar-refractivity contribution in [2.75, 3.05) is 0 Å². The summed E-state index contributed by atoms with van der Waals surface area (Å²) in [6.07, 6.45) is 0. The molecule has 39 heavy (non-hydrogen) atoms. The summed E-state index contributed by atoms with van der Waals surface area (Å²) < 4.78 is 30.0. The van der Waals surface area contributed by atoms with Crippen LogP contribution in [0.3, 0.4) is 0 Å². The van der Waals surface area contributed by atoms with Crippen molar-refractivity contribution >= 4 is 53.1 Å². The lowest BCUT2D eigenvalue weighted by Gasteiger charge is -2.56. The maximum Gasteiger partial charge on any atom is 0.300 e. The van der Waals surface area contributed by atoms with Crippen LogP contribution in [0.15, 0.2) is 140 Å². The van der Waals surface area contributed by atoms with E-state index in [4.69, 9.17) is 32.5 Å². The van der Waals surface area contributed by atoms with Crippen molar-refractivity contribution < 1.29 is 13.9 Å². The van der Waals surface area contributed by atoms with E-state index in [1.54, 1.807) is 0 Å². The third-order valence-corrected chi connectivity index (χ3v) is 11.1. The number of hydrogen-bond acceptors (Lipinski definition) is 3. The zero-order chi connectivity index (χ0) is 26.9. The minimum atomic E-state index is -3.50. The van der Waals surface area contributed by atoms with Gasteiger partial charge in [0.15, 0.2) is 7.14 Å². The normalized spacial score (nSPS) is 22.3. The molecular formula is C32H25BCl2O3P-. The van der Waals surface area contributed by atoms with Gasteiger partial charge in [-0.25, -0.2) is 0 Å². The third-order valence-electron chi connectivity index (χ3n) is 7.28. The molecule has 5 aromatic rings. The smallest absolute Gasteiger partial charge is 0.300 e. The first-order valence-corrected chi connectivity index (χ1v) is 15.4. The van der Waals surface area contributed by atoms with Gasteiger partial charge in [0.25, 0.3) is 6.55 Å². The van der Waals surface area contributed by atoms with Crippen LogP contribution in [0.4, 0.5) is 0 Å². The van der Waals surface area contributed by atoms with Crippen molar-refractivity contribution in [2.45, 2.75) is 11.7 Å². The number of rotatable bonds is 5. The molecule has 0 spiro atoms. The standard InChI is InChI=1S/C32H25BCl2O3P/c34-28-20-16-24(17-21-28)31-37-33(26-10-4-1-5-11-26,27-12-6-2-7-13-27)38-32(25-18-22-29(35)23-19-25)39(31,36)30-14-8-3-9-15-30/h1-23,31-32H/q-1. The molecule has 0 saturated carbocycles.